The van der Waals surface area contributed by atoms with Gasteiger partial charge < -0.3 is 24.6 Å². The molecule has 0 spiro atoms. The zero-order chi connectivity index (χ0) is 19.1. The smallest absolute Gasteiger partial charge is 0.409 e. The number of guanidine groups is 1. The normalized spacial score (nSPS) is 17.6. The maximum atomic E-state index is 11.8. The Kier molecular flexibility index (Phi) is 6.73. The lowest BCUT2D eigenvalue weighted by Gasteiger charge is -2.35. The molecule has 1 amide bonds. The molecule has 27 heavy (non-hydrogen) atoms. The van der Waals surface area contributed by atoms with Crippen molar-refractivity contribution in [3.05, 3.63) is 23.9 Å². The molecule has 1 saturated heterocycles. The number of aromatic nitrogens is 1. The predicted molar refractivity (Wildman–Crippen MR) is 103 cm³/mol. The average Bonchev–Trinajstić information content (AvgIpc) is 3.52. The van der Waals surface area contributed by atoms with Crippen molar-refractivity contribution in [1.82, 2.24) is 20.1 Å². The molecule has 1 aliphatic heterocycles. The zero-order valence-corrected chi connectivity index (χ0v) is 16.2. The van der Waals surface area contributed by atoms with E-state index in [9.17, 15) is 4.79 Å². The van der Waals surface area contributed by atoms with Gasteiger partial charge in [0, 0.05) is 52.0 Å². The number of hydrogen-bond donors (Lipinski definition) is 1. The van der Waals surface area contributed by atoms with Crippen LogP contribution in [0.2, 0.25) is 0 Å². The minimum atomic E-state index is -0.240. The molecular weight excluding hydrogens is 346 g/mol. The van der Waals surface area contributed by atoms with Crippen molar-refractivity contribution in [1.29, 1.82) is 0 Å². The lowest BCUT2D eigenvalue weighted by molar-refractivity contribution is 0.0914. The van der Waals surface area contributed by atoms with E-state index in [4.69, 9.17) is 9.47 Å². The van der Waals surface area contributed by atoms with Gasteiger partial charge in [0.2, 0.25) is 5.88 Å². The first-order chi connectivity index (χ1) is 13.2. The highest BCUT2D eigenvalue weighted by Crippen LogP contribution is 2.29. The van der Waals surface area contributed by atoms with Crippen LogP contribution < -0.4 is 10.1 Å². The fourth-order valence-corrected chi connectivity index (χ4v) is 2.96. The Labute approximate surface area is 160 Å². The molecule has 1 N–H and O–H groups in total. The van der Waals surface area contributed by atoms with E-state index in [1.165, 1.54) is 12.8 Å². The van der Waals surface area contributed by atoms with Crippen LogP contribution in [0.25, 0.3) is 0 Å². The molecule has 148 valence electrons. The van der Waals surface area contributed by atoms with Gasteiger partial charge in [0.1, 0.15) is 0 Å². The molecule has 8 heteroatoms. The SMILES string of the molecule is CCOC(=O)N1CCN(C(=NC)NCc2ccnc(OCC3CC3)c2)CC1. The van der Waals surface area contributed by atoms with E-state index in [1.54, 1.807) is 18.1 Å². The highest BCUT2D eigenvalue weighted by molar-refractivity contribution is 5.80. The van der Waals surface area contributed by atoms with Gasteiger partial charge in [0.25, 0.3) is 0 Å². The molecule has 1 saturated carbocycles. The maximum Gasteiger partial charge on any atom is 0.409 e. The van der Waals surface area contributed by atoms with Crippen molar-refractivity contribution in [2.45, 2.75) is 26.3 Å². The highest BCUT2D eigenvalue weighted by Gasteiger charge is 2.24. The molecule has 0 bridgehead atoms. The first-order valence-corrected chi connectivity index (χ1v) is 9.64. The van der Waals surface area contributed by atoms with Crippen LogP contribution in [0.4, 0.5) is 4.79 Å². The van der Waals surface area contributed by atoms with Gasteiger partial charge in [-0.05, 0) is 37.3 Å². The summed E-state index contributed by atoms with van der Waals surface area (Å²) in [6.45, 7) is 6.35. The number of pyridine rings is 1. The van der Waals surface area contributed by atoms with Crippen LogP contribution in [0.5, 0.6) is 5.88 Å². The van der Waals surface area contributed by atoms with Crippen molar-refractivity contribution < 1.29 is 14.3 Å². The number of carbonyl (C=O) groups excluding carboxylic acids is 1. The van der Waals surface area contributed by atoms with Crippen LogP contribution in [-0.2, 0) is 11.3 Å². The molecule has 1 aliphatic carbocycles. The Bertz CT molecular complexity index is 655. The summed E-state index contributed by atoms with van der Waals surface area (Å²) in [5.74, 6) is 2.22. The molecular formula is C19H29N5O3. The number of aliphatic imine (C=N–C) groups is 1. The molecule has 0 aromatic carbocycles. The second-order valence-corrected chi connectivity index (χ2v) is 6.83. The summed E-state index contributed by atoms with van der Waals surface area (Å²) in [7, 11) is 1.77. The first-order valence-electron chi connectivity index (χ1n) is 9.64. The van der Waals surface area contributed by atoms with Crippen molar-refractivity contribution in [2.75, 3.05) is 46.4 Å². The Morgan fingerprint density at radius 1 is 1.30 bits per heavy atom. The molecule has 1 aromatic rings. The number of ether oxygens (including phenoxy) is 2. The van der Waals surface area contributed by atoms with Crippen LogP contribution in [0.3, 0.4) is 0 Å². The van der Waals surface area contributed by atoms with Crippen molar-refractivity contribution in [3.8, 4) is 5.88 Å². The van der Waals surface area contributed by atoms with E-state index in [-0.39, 0.29) is 6.09 Å². The van der Waals surface area contributed by atoms with Gasteiger partial charge >= 0.3 is 6.09 Å². The Morgan fingerprint density at radius 2 is 2.04 bits per heavy atom. The largest absolute Gasteiger partial charge is 0.477 e. The van der Waals surface area contributed by atoms with Crippen LogP contribution in [0.15, 0.2) is 23.3 Å². The Hall–Kier alpha value is -2.51. The molecule has 0 radical (unpaired) electrons. The third kappa shape index (κ3) is 5.74. The molecule has 2 fully saturated rings. The van der Waals surface area contributed by atoms with Crippen LogP contribution in [0.1, 0.15) is 25.3 Å². The quantitative estimate of drug-likeness (QED) is 0.602. The maximum absolute atomic E-state index is 11.8. The van der Waals surface area contributed by atoms with Gasteiger partial charge in [0.15, 0.2) is 5.96 Å². The van der Waals surface area contributed by atoms with Crippen LogP contribution >= 0.6 is 0 Å². The van der Waals surface area contributed by atoms with Gasteiger partial charge in [-0.25, -0.2) is 9.78 Å². The predicted octanol–water partition coefficient (Wildman–Crippen LogP) is 1.72. The van der Waals surface area contributed by atoms with Crippen LogP contribution in [0, 0.1) is 5.92 Å². The van der Waals surface area contributed by atoms with E-state index >= 15 is 0 Å². The summed E-state index contributed by atoms with van der Waals surface area (Å²) in [6, 6.07) is 3.95. The van der Waals surface area contributed by atoms with E-state index in [0.717, 1.165) is 31.2 Å². The second-order valence-electron chi connectivity index (χ2n) is 6.83. The van der Waals surface area contributed by atoms with E-state index in [2.05, 4.69) is 20.2 Å². The Balaban J connectivity index is 1.46. The van der Waals surface area contributed by atoms with E-state index in [0.29, 0.717) is 38.0 Å². The molecule has 8 nitrogen and oxygen atoms in total. The third-order valence-corrected chi connectivity index (χ3v) is 4.73. The molecule has 2 heterocycles. The van der Waals surface area contributed by atoms with Gasteiger partial charge in [-0.2, -0.15) is 0 Å². The number of amides is 1. The highest BCUT2D eigenvalue weighted by atomic mass is 16.6. The molecule has 0 unspecified atom stereocenters. The summed E-state index contributed by atoms with van der Waals surface area (Å²) in [5.41, 5.74) is 1.10. The molecule has 0 atom stereocenters. The second kappa shape index (κ2) is 9.43. The minimum Gasteiger partial charge on any atom is -0.477 e. The van der Waals surface area contributed by atoms with E-state index in [1.807, 2.05) is 19.1 Å². The average molecular weight is 375 g/mol. The van der Waals surface area contributed by atoms with E-state index < -0.39 is 0 Å². The number of piperazine rings is 1. The number of nitrogens with zero attached hydrogens (tertiary/aromatic N) is 4. The molecule has 2 aliphatic rings. The molecule has 1 aromatic heterocycles. The first kappa shape index (κ1) is 19.3. The third-order valence-electron chi connectivity index (χ3n) is 4.73. The lowest BCUT2D eigenvalue weighted by atomic mass is 10.2. The fraction of sp³-hybridized carbons (Fsp3) is 0.632. The van der Waals surface area contributed by atoms with Gasteiger partial charge in [-0.1, -0.05) is 0 Å². The van der Waals surface area contributed by atoms with Crippen molar-refractivity contribution in [2.24, 2.45) is 10.9 Å². The zero-order valence-electron chi connectivity index (χ0n) is 16.2. The van der Waals surface area contributed by atoms with Crippen LogP contribution in [-0.4, -0.2) is 73.3 Å². The standard InChI is InChI=1S/C19H29N5O3/c1-3-26-19(25)24-10-8-23(9-11-24)18(20-2)22-13-16-6-7-21-17(12-16)27-14-15-4-5-15/h6-7,12,15H,3-5,8-11,13-14H2,1-2H3,(H,20,22). The minimum absolute atomic E-state index is 0.240. The monoisotopic (exact) mass is 375 g/mol. The number of rotatable bonds is 6. The fourth-order valence-electron chi connectivity index (χ4n) is 2.96. The lowest BCUT2D eigenvalue weighted by Crippen LogP contribution is -2.53. The summed E-state index contributed by atoms with van der Waals surface area (Å²) in [5, 5.41) is 3.39. The number of nitrogens with one attached hydrogen (secondary N) is 1. The summed E-state index contributed by atoms with van der Waals surface area (Å²) < 4.78 is 10.8. The summed E-state index contributed by atoms with van der Waals surface area (Å²) in [4.78, 5) is 24.3. The summed E-state index contributed by atoms with van der Waals surface area (Å²) in [6.07, 6.45) is 4.07. The van der Waals surface area contributed by atoms with Gasteiger partial charge in [-0.3, -0.25) is 4.99 Å². The summed E-state index contributed by atoms with van der Waals surface area (Å²) >= 11 is 0. The van der Waals surface area contributed by atoms with Crippen molar-refractivity contribution >= 4 is 12.1 Å². The van der Waals surface area contributed by atoms with Gasteiger partial charge in [0.05, 0.1) is 13.2 Å². The molecule has 3 rings (SSSR count). The number of hydrogen-bond acceptors (Lipinski definition) is 5. The topological polar surface area (TPSA) is 79.3 Å². The van der Waals surface area contributed by atoms with Gasteiger partial charge in [-0.15, -0.1) is 0 Å². The number of carbonyl (C=O) groups is 1. The Morgan fingerprint density at radius 3 is 2.70 bits per heavy atom. The van der Waals surface area contributed by atoms with Crippen molar-refractivity contribution in [3.63, 3.8) is 0 Å².